The third-order valence-electron chi connectivity index (χ3n) is 8.28. The van der Waals surface area contributed by atoms with Gasteiger partial charge in [0, 0.05) is 32.5 Å². The van der Waals surface area contributed by atoms with Crippen LogP contribution in [0.2, 0.25) is 0 Å². The molecular formula is C44H56IrN5O4S2-3. The van der Waals surface area contributed by atoms with Crippen molar-refractivity contribution in [3.8, 4) is 22.5 Å². The molecule has 0 aliphatic heterocycles. The predicted molar refractivity (Wildman–Crippen MR) is 231 cm³/mol. The average Bonchev–Trinajstić information content (AvgIpc) is 3.24. The fourth-order valence-corrected chi connectivity index (χ4v) is 5.40. The molecule has 0 N–H and O–H groups in total. The Hall–Kier alpha value is -4.11. The van der Waals surface area contributed by atoms with Gasteiger partial charge in [-0.1, -0.05) is 89.9 Å². The molecule has 0 saturated carbocycles. The number of aromatic nitrogens is 2. The van der Waals surface area contributed by atoms with E-state index in [1.807, 2.05) is 48.5 Å². The van der Waals surface area contributed by atoms with Gasteiger partial charge in [0.2, 0.25) is 0 Å². The van der Waals surface area contributed by atoms with Gasteiger partial charge in [-0.3, -0.25) is 0 Å². The van der Waals surface area contributed by atoms with Crippen molar-refractivity contribution in [1.82, 2.24) is 9.97 Å². The molecule has 9 nitrogen and oxygen atoms in total. The number of ether oxygens (including phenoxy) is 2. The molecule has 4 rings (SSSR count). The number of hydrogen-bond acceptors (Lipinski definition) is 8. The molecule has 305 valence electrons. The topological polar surface area (TPSA) is 123 Å². The normalized spacial score (nSPS) is 9.54. The molecular weight excluding hydrogens is 919 g/mol. The second-order valence-electron chi connectivity index (χ2n) is 12.2. The van der Waals surface area contributed by atoms with Gasteiger partial charge < -0.3 is 34.7 Å². The molecule has 2 aromatic heterocycles. The summed E-state index contributed by atoms with van der Waals surface area (Å²) >= 11 is 7.40. The Bertz CT molecular complexity index is 1540. The molecule has 0 aliphatic carbocycles. The van der Waals surface area contributed by atoms with Crippen molar-refractivity contribution in [3.63, 3.8) is 0 Å². The number of carbonyl (C=O) groups excluding carboxylic acids is 2. The summed E-state index contributed by atoms with van der Waals surface area (Å²) in [6.07, 6.45) is 14.2. The SMILES string of the molecule is CCCC[N+](CCCC)(CCCC)CCCC.COC(=O)c1ccnc(-c2[c-]cccc2)c1.COC(=O)c1ccnc(-c2[c-]cccc2)c1.[Ir].[N-]=C=S.[N-]=C=S. The number of thiocarbonyl (C=S) groups is 2. The molecule has 0 bridgehead atoms. The molecule has 4 aromatic rings. The van der Waals surface area contributed by atoms with Gasteiger partial charge in [0.05, 0.1) is 51.5 Å². The largest absolute Gasteiger partial charge is 0.753 e. The third-order valence-corrected chi connectivity index (χ3v) is 8.28. The van der Waals surface area contributed by atoms with E-state index in [-0.39, 0.29) is 32.0 Å². The predicted octanol–water partition coefficient (Wildman–Crippen LogP) is 11.0. The van der Waals surface area contributed by atoms with Crippen LogP contribution in [0.3, 0.4) is 0 Å². The van der Waals surface area contributed by atoms with Gasteiger partial charge in [0.1, 0.15) is 0 Å². The Morgan fingerprint density at radius 1 is 0.643 bits per heavy atom. The van der Waals surface area contributed by atoms with Crippen molar-refractivity contribution in [3.05, 3.63) is 119 Å². The van der Waals surface area contributed by atoms with Crippen LogP contribution in [0.25, 0.3) is 33.3 Å². The van der Waals surface area contributed by atoms with E-state index in [0.717, 1.165) is 11.1 Å². The van der Waals surface area contributed by atoms with Crippen molar-refractivity contribution in [1.29, 1.82) is 0 Å². The number of methoxy groups -OCH3 is 2. The van der Waals surface area contributed by atoms with Gasteiger partial charge in [-0.25, -0.2) is 9.59 Å². The number of unbranched alkanes of at least 4 members (excludes halogenated alkanes) is 4. The van der Waals surface area contributed by atoms with Crippen LogP contribution in [-0.2, 0) is 29.6 Å². The maximum atomic E-state index is 11.3. The quantitative estimate of drug-likeness (QED) is 0.0358. The van der Waals surface area contributed by atoms with Crippen molar-refractivity contribution in [2.24, 2.45) is 0 Å². The number of esters is 2. The number of rotatable bonds is 16. The molecule has 0 atom stereocenters. The van der Waals surface area contributed by atoms with Crippen LogP contribution >= 0.6 is 24.4 Å². The summed E-state index contributed by atoms with van der Waals surface area (Å²) in [5, 5.41) is 16.9. The van der Waals surface area contributed by atoms with E-state index in [9.17, 15) is 9.59 Å². The molecule has 2 aromatic carbocycles. The fraction of sp³-hybridized carbons (Fsp3) is 0.409. The second kappa shape index (κ2) is 35.3. The average molecular weight is 975 g/mol. The summed E-state index contributed by atoms with van der Waals surface area (Å²) < 4.78 is 10.7. The first-order valence-electron chi connectivity index (χ1n) is 18.6. The van der Waals surface area contributed by atoms with E-state index in [2.05, 4.69) is 83.7 Å². The molecule has 0 saturated heterocycles. The van der Waals surface area contributed by atoms with Crippen LogP contribution < -0.4 is 0 Å². The summed E-state index contributed by atoms with van der Waals surface area (Å²) in [7, 11) is 2.72. The van der Waals surface area contributed by atoms with Gasteiger partial charge in [-0.2, -0.15) is 10.3 Å². The first kappa shape index (κ1) is 54.0. The monoisotopic (exact) mass is 975 g/mol. The van der Waals surface area contributed by atoms with E-state index in [1.165, 1.54) is 107 Å². The number of pyridine rings is 2. The summed E-state index contributed by atoms with van der Waals surface area (Å²) in [5.41, 5.74) is 4.11. The first-order valence-corrected chi connectivity index (χ1v) is 19.4. The zero-order valence-electron chi connectivity index (χ0n) is 33.6. The number of quaternary nitrogens is 1. The third kappa shape index (κ3) is 23.1. The Morgan fingerprint density at radius 3 is 1.21 bits per heavy atom. The Labute approximate surface area is 359 Å². The number of isothiocyanates is 2. The molecule has 2 heterocycles. The van der Waals surface area contributed by atoms with Crippen LogP contribution in [-0.4, -0.2) is 77.1 Å². The second-order valence-corrected chi connectivity index (χ2v) is 12.6. The standard InChI is InChI=1S/C16H36N.2C13H10NO2.2CNS.Ir/c1-5-9-13-17(14-10-6-2,15-11-7-3)16-12-8-4;2*1-16-13(15)11-7-8-14-12(9-11)10-5-3-2-4-6-10;2*2-1-3;/h5-16H2,1-4H3;2*2-5,7-9H,1H3;;;/q+1;4*-1;. The summed E-state index contributed by atoms with van der Waals surface area (Å²) in [6.45, 7) is 15.0. The number of hydrogen-bond donors (Lipinski definition) is 0. The van der Waals surface area contributed by atoms with Crippen molar-refractivity contribution >= 4 is 46.7 Å². The molecule has 1 radical (unpaired) electrons. The molecule has 0 amide bonds. The Balaban J connectivity index is 0. The van der Waals surface area contributed by atoms with Crippen molar-refractivity contribution in [2.45, 2.75) is 79.1 Å². The van der Waals surface area contributed by atoms with E-state index in [4.69, 9.17) is 10.8 Å². The fourth-order valence-electron chi connectivity index (χ4n) is 5.40. The van der Waals surface area contributed by atoms with Gasteiger partial charge in [-0.05, 0) is 49.2 Å². The maximum absolute atomic E-state index is 11.3. The smallest absolute Gasteiger partial charge is 0.337 e. The number of nitrogens with zero attached hydrogens (tertiary/aromatic N) is 5. The Kier molecular flexibility index (Phi) is 34.0. The van der Waals surface area contributed by atoms with Crippen LogP contribution in [0.15, 0.2) is 85.2 Å². The zero-order chi connectivity index (χ0) is 41.2. The molecule has 56 heavy (non-hydrogen) atoms. The van der Waals surface area contributed by atoms with E-state index in [0.29, 0.717) is 22.5 Å². The Morgan fingerprint density at radius 2 is 0.964 bits per heavy atom. The molecule has 12 heteroatoms. The summed E-state index contributed by atoms with van der Waals surface area (Å²) in [4.78, 5) is 31.0. The van der Waals surface area contributed by atoms with Crippen molar-refractivity contribution < 1.29 is 43.7 Å². The van der Waals surface area contributed by atoms with Gasteiger partial charge in [0.25, 0.3) is 0 Å². The van der Waals surface area contributed by atoms with Crippen molar-refractivity contribution in [2.75, 3.05) is 40.4 Å². The van der Waals surface area contributed by atoms with Gasteiger partial charge in [-0.15, -0.1) is 71.8 Å². The minimum Gasteiger partial charge on any atom is -0.753 e. The summed E-state index contributed by atoms with van der Waals surface area (Å²) in [6, 6.07) is 27.7. The zero-order valence-corrected chi connectivity index (χ0v) is 37.6. The number of carbonyl (C=O) groups is 2. The molecule has 0 unspecified atom stereocenters. The molecule has 0 aliphatic rings. The minimum absolute atomic E-state index is 0. The molecule has 0 fully saturated rings. The van der Waals surface area contributed by atoms with E-state index < -0.39 is 0 Å². The minimum atomic E-state index is -0.361. The first-order chi connectivity index (χ1) is 26.7. The maximum Gasteiger partial charge on any atom is 0.337 e. The van der Waals surface area contributed by atoms with E-state index in [1.54, 1.807) is 36.7 Å². The van der Waals surface area contributed by atoms with Crippen LogP contribution in [0.5, 0.6) is 0 Å². The van der Waals surface area contributed by atoms with Gasteiger partial charge in [0.15, 0.2) is 0 Å². The van der Waals surface area contributed by atoms with Crippen LogP contribution in [0.4, 0.5) is 0 Å². The molecule has 0 spiro atoms. The van der Waals surface area contributed by atoms with Crippen LogP contribution in [0, 0.1) is 12.1 Å². The summed E-state index contributed by atoms with van der Waals surface area (Å²) in [5.74, 6) is -0.723. The number of benzene rings is 2. The van der Waals surface area contributed by atoms with E-state index >= 15 is 0 Å². The van der Waals surface area contributed by atoms with Gasteiger partial charge >= 0.3 is 11.9 Å². The van der Waals surface area contributed by atoms with Crippen LogP contribution in [0.1, 0.15) is 99.8 Å².